The van der Waals surface area contributed by atoms with Gasteiger partial charge in [-0.25, -0.2) is 9.50 Å². The molecule has 1 aliphatic rings. The normalized spacial score (nSPS) is 23.3. The van der Waals surface area contributed by atoms with Crippen molar-refractivity contribution >= 4 is 17.3 Å². The van der Waals surface area contributed by atoms with E-state index in [0.29, 0.717) is 6.42 Å². The Morgan fingerprint density at radius 3 is 3.11 bits per heavy atom. The first-order chi connectivity index (χ1) is 8.74. The van der Waals surface area contributed by atoms with Crippen LogP contribution < -0.4 is 5.32 Å². The van der Waals surface area contributed by atoms with Crippen LogP contribution in [0, 0.1) is 5.92 Å². The number of carboxylic acids is 1. The Labute approximate surface area is 104 Å². The summed E-state index contributed by atoms with van der Waals surface area (Å²) in [7, 11) is 0. The number of nitrogens with one attached hydrogen (secondary N) is 1. The molecule has 0 bridgehead atoms. The number of nitrogens with zero attached hydrogens (tertiary/aromatic N) is 3. The van der Waals surface area contributed by atoms with Gasteiger partial charge in [-0.05, 0) is 25.3 Å². The van der Waals surface area contributed by atoms with Gasteiger partial charge in [-0.1, -0.05) is 0 Å². The molecule has 0 aliphatic heterocycles. The first-order valence-corrected chi connectivity index (χ1v) is 6.02. The van der Waals surface area contributed by atoms with Crippen molar-refractivity contribution in [3.05, 3.63) is 24.7 Å². The molecule has 1 aliphatic carbocycles. The van der Waals surface area contributed by atoms with Crippen molar-refractivity contribution in [2.45, 2.75) is 25.3 Å². The van der Waals surface area contributed by atoms with Crippen LogP contribution in [0.15, 0.2) is 24.7 Å². The second kappa shape index (κ2) is 4.29. The maximum atomic E-state index is 10.9. The molecule has 2 aromatic rings. The molecule has 6 heteroatoms. The predicted molar refractivity (Wildman–Crippen MR) is 65.4 cm³/mol. The lowest BCUT2D eigenvalue weighted by Crippen LogP contribution is -2.19. The van der Waals surface area contributed by atoms with Gasteiger partial charge in [-0.15, -0.1) is 0 Å². The zero-order valence-corrected chi connectivity index (χ0v) is 9.78. The van der Waals surface area contributed by atoms with Gasteiger partial charge >= 0.3 is 5.97 Å². The van der Waals surface area contributed by atoms with Crippen molar-refractivity contribution in [2.75, 3.05) is 5.32 Å². The van der Waals surface area contributed by atoms with E-state index in [4.69, 9.17) is 5.11 Å². The molecule has 2 heterocycles. The number of hydrogen-bond acceptors (Lipinski definition) is 4. The standard InChI is InChI=1S/C12H14N4O2/c17-12(18)8-1-2-9(7-8)15-11-10-3-4-14-16(10)6-5-13-11/h3-6,8-9H,1-2,7H2,(H,13,15)(H,17,18)/t8-,9+/m1/s1. The van der Waals surface area contributed by atoms with E-state index in [1.54, 1.807) is 23.1 Å². The maximum absolute atomic E-state index is 10.9. The number of fused-ring (bicyclic) bond motifs is 1. The summed E-state index contributed by atoms with van der Waals surface area (Å²) in [6.45, 7) is 0. The van der Waals surface area contributed by atoms with Crippen molar-refractivity contribution < 1.29 is 9.90 Å². The lowest BCUT2D eigenvalue weighted by atomic mass is 10.1. The highest BCUT2D eigenvalue weighted by molar-refractivity contribution is 5.71. The second-order valence-corrected chi connectivity index (χ2v) is 4.63. The van der Waals surface area contributed by atoms with Crippen molar-refractivity contribution in [2.24, 2.45) is 5.92 Å². The average Bonchev–Trinajstić information content (AvgIpc) is 2.97. The van der Waals surface area contributed by atoms with Crippen LogP contribution in [-0.4, -0.2) is 31.7 Å². The first-order valence-electron chi connectivity index (χ1n) is 6.02. The number of aliphatic carboxylic acids is 1. The van der Waals surface area contributed by atoms with E-state index < -0.39 is 5.97 Å². The van der Waals surface area contributed by atoms with Crippen molar-refractivity contribution in [1.82, 2.24) is 14.6 Å². The molecule has 2 N–H and O–H groups in total. The van der Waals surface area contributed by atoms with E-state index in [9.17, 15) is 4.79 Å². The lowest BCUT2D eigenvalue weighted by Gasteiger charge is -2.13. The molecule has 0 aromatic carbocycles. The second-order valence-electron chi connectivity index (χ2n) is 4.63. The molecule has 18 heavy (non-hydrogen) atoms. The zero-order valence-electron chi connectivity index (χ0n) is 9.78. The Hall–Kier alpha value is -2.11. The summed E-state index contributed by atoms with van der Waals surface area (Å²) in [5.74, 6) is -0.159. The quantitative estimate of drug-likeness (QED) is 0.855. The summed E-state index contributed by atoms with van der Waals surface area (Å²) in [6.07, 6.45) is 7.45. The van der Waals surface area contributed by atoms with E-state index in [0.717, 1.165) is 24.2 Å². The van der Waals surface area contributed by atoms with Crippen molar-refractivity contribution in [1.29, 1.82) is 0 Å². The highest BCUT2D eigenvalue weighted by Crippen LogP contribution is 2.28. The Morgan fingerprint density at radius 1 is 1.44 bits per heavy atom. The molecule has 0 amide bonds. The molecule has 2 atom stereocenters. The third kappa shape index (κ3) is 1.90. The summed E-state index contributed by atoms with van der Waals surface area (Å²) in [4.78, 5) is 15.2. The fourth-order valence-corrected chi connectivity index (χ4v) is 2.50. The van der Waals surface area contributed by atoms with Crippen LogP contribution in [0.1, 0.15) is 19.3 Å². The highest BCUT2D eigenvalue weighted by atomic mass is 16.4. The predicted octanol–water partition coefficient (Wildman–Crippen LogP) is 1.39. The van der Waals surface area contributed by atoms with Gasteiger partial charge in [-0.3, -0.25) is 4.79 Å². The molecule has 0 radical (unpaired) electrons. The van der Waals surface area contributed by atoms with Gasteiger partial charge in [0.15, 0.2) is 5.82 Å². The minimum atomic E-state index is -0.699. The Bertz CT molecular complexity index is 580. The summed E-state index contributed by atoms with van der Waals surface area (Å²) in [5, 5.41) is 16.4. The molecule has 1 fully saturated rings. The lowest BCUT2D eigenvalue weighted by molar-refractivity contribution is -0.141. The largest absolute Gasteiger partial charge is 0.481 e. The van der Waals surface area contributed by atoms with Crippen molar-refractivity contribution in [3.63, 3.8) is 0 Å². The van der Waals surface area contributed by atoms with E-state index in [1.807, 2.05) is 6.07 Å². The molecule has 0 saturated heterocycles. The Kier molecular flexibility index (Phi) is 2.62. The Balaban J connectivity index is 1.77. The average molecular weight is 246 g/mol. The third-order valence-electron chi connectivity index (χ3n) is 3.45. The van der Waals surface area contributed by atoms with Gasteiger partial charge in [0, 0.05) is 18.4 Å². The SMILES string of the molecule is O=C(O)[C@@H]1CC[C@H](Nc2nccn3nccc23)C1. The van der Waals surface area contributed by atoms with Gasteiger partial charge in [0.25, 0.3) is 0 Å². The summed E-state index contributed by atoms with van der Waals surface area (Å²) in [5.41, 5.74) is 0.913. The summed E-state index contributed by atoms with van der Waals surface area (Å²) < 4.78 is 1.75. The van der Waals surface area contributed by atoms with E-state index in [2.05, 4.69) is 15.4 Å². The minimum absolute atomic E-state index is 0.180. The number of carbonyl (C=O) groups is 1. The van der Waals surface area contributed by atoms with E-state index in [1.165, 1.54) is 0 Å². The van der Waals surface area contributed by atoms with Crippen molar-refractivity contribution in [3.8, 4) is 0 Å². The van der Waals surface area contributed by atoms with Crippen LogP contribution in [0.25, 0.3) is 5.52 Å². The maximum Gasteiger partial charge on any atom is 0.306 e. The number of rotatable bonds is 3. The smallest absolute Gasteiger partial charge is 0.306 e. The van der Waals surface area contributed by atoms with Crippen LogP contribution >= 0.6 is 0 Å². The Morgan fingerprint density at radius 2 is 2.33 bits per heavy atom. The van der Waals surface area contributed by atoms with Gasteiger partial charge in [0.2, 0.25) is 0 Å². The van der Waals surface area contributed by atoms with Crippen LogP contribution in [0.5, 0.6) is 0 Å². The third-order valence-corrected chi connectivity index (χ3v) is 3.45. The van der Waals surface area contributed by atoms with Gasteiger partial charge < -0.3 is 10.4 Å². The van der Waals surface area contributed by atoms with Gasteiger partial charge in [0.05, 0.1) is 12.1 Å². The van der Waals surface area contributed by atoms with Crippen LogP contribution in [0.2, 0.25) is 0 Å². The fourth-order valence-electron chi connectivity index (χ4n) is 2.50. The van der Waals surface area contributed by atoms with Crippen LogP contribution in [-0.2, 0) is 4.79 Å². The molecule has 6 nitrogen and oxygen atoms in total. The van der Waals surface area contributed by atoms with Crippen LogP contribution in [0.3, 0.4) is 0 Å². The molecule has 3 rings (SSSR count). The first kappa shape index (κ1) is 11.0. The molecule has 2 aromatic heterocycles. The highest BCUT2D eigenvalue weighted by Gasteiger charge is 2.30. The molecule has 1 saturated carbocycles. The van der Waals surface area contributed by atoms with E-state index in [-0.39, 0.29) is 12.0 Å². The summed E-state index contributed by atoms with van der Waals surface area (Å²) in [6, 6.07) is 2.07. The molecular formula is C12H14N4O2. The van der Waals surface area contributed by atoms with Crippen LogP contribution in [0.4, 0.5) is 5.82 Å². The number of hydrogen-bond donors (Lipinski definition) is 2. The van der Waals surface area contributed by atoms with E-state index >= 15 is 0 Å². The number of aromatic nitrogens is 3. The fraction of sp³-hybridized carbons (Fsp3) is 0.417. The molecule has 94 valence electrons. The monoisotopic (exact) mass is 246 g/mol. The molecular weight excluding hydrogens is 232 g/mol. The number of carboxylic acid groups (broad SMARTS) is 1. The molecule has 0 unspecified atom stereocenters. The van der Waals surface area contributed by atoms with Gasteiger partial charge in [-0.2, -0.15) is 5.10 Å². The van der Waals surface area contributed by atoms with Gasteiger partial charge in [0.1, 0.15) is 5.52 Å². The zero-order chi connectivity index (χ0) is 12.5. The molecule has 0 spiro atoms. The minimum Gasteiger partial charge on any atom is -0.481 e. The number of anilines is 1. The summed E-state index contributed by atoms with van der Waals surface area (Å²) >= 11 is 0. The topological polar surface area (TPSA) is 79.5 Å².